The molecule has 0 fully saturated rings. The molecule has 0 heterocycles. The number of hydrogen-bond acceptors (Lipinski definition) is 3. The van der Waals surface area contributed by atoms with Crippen molar-refractivity contribution in [1.29, 1.82) is 0 Å². The maximum Gasteiger partial charge on any atom is 0.320 e. The molecule has 116 valence electrons. The van der Waals surface area contributed by atoms with Crippen LogP contribution in [0.1, 0.15) is 25.8 Å². The van der Waals surface area contributed by atoms with Crippen molar-refractivity contribution in [2.75, 3.05) is 11.9 Å². The highest BCUT2D eigenvalue weighted by Crippen LogP contribution is 2.19. The summed E-state index contributed by atoms with van der Waals surface area (Å²) in [6.07, 6.45) is 0.721. The Hall–Kier alpha value is -1.59. The third-order valence-electron chi connectivity index (χ3n) is 3.44. The van der Waals surface area contributed by atoms with Gasteiger partial charge < -0.3 is 10.4 Å². The number of aliphatic carboxylic acids is 1. The number of aryl methyl sites for hydroxylation is 1. The van der Waals surface area contributed by atoms with Crippen LogP contribution in [0.25, 0.3) is 0 Å². The number of nitrogens with one attached hydrogen (secondary N) is 2. The fourth-order valence-electron chi connectivity index (χ4n) is 1.89. The highest BCUT2D eigenvalue weighted by atomic mass is 35.5. The predicted octanol–water partition coefficient (Wildman–Crippen LogP) is 2.68. The summed E-state index contributed by atoms with van der Waals surface area (Å²) >= 11 is 5.89. The van der Waals surface area contributed by atoms with Crippen LogP contribution in [0.5, 0.6) is 0 Å². The zero-order valence-corrected chi connectivity index (χ0v) is 13.2. The zero-order chi connectivity index (χ0) is 16.0. The van der Waals surface area contributed by atoms with Gasteiger partial charge in [0.05, 0.1) is 6.54 Å². The summed E-state index contributed by atoms with van der Waals surface area (Å²) in [6.45, 7) is 5.55. The van der Waals surface area contributed by atoms with Gasteiger partial charge in [-0.05, 0) is 30.5 Å². The van der Waals surface area contributed by atoms with Crippen molar-refractivity contribution >= 4 is 29.2 Å². The number of halogens is 1. The standard InChI is InChI=1S/C15H21ClN2O3/c1-4-9(2)14(15(20)21)17-8-13(19)18-12-7-11(16)6-5-10(12)3/h5-7,9,14,17H,4,8H2,1-3H3,(H,18,19)(H,20,21)/t9-,14-/m0/s1. The Bertz CT molecular complexity index is 520. The number of anilines is 1. The number of amides is 1. The Morgan fingerprint density at radius 1 is 1.38 bits per heavy atom. The molecule has 0 aliphatic heterocycles. The van der Waals surface area contributed by atoms with Gasteiger partial charge in [0, 0.05) is 10.7 Å². The molecule has 0 saturated carbocycles. The van der Waals surface area contributed by atoms with Crippen molar-refractivity contribution in [3.8, 4) is 0 Å². The molecule has 0 unspecified atom stereocenters. The number of benzene rings is 1. The summed E-state index contributed by atoms with van der Waals surface area (Å²) < 4.78 is 0. The summed E-state index contributed by atoms with van der Waals surface area (Å²) in [5, 5.41) is 15.2. The van der Waals surface area contributed by atoms with E-state index < -0.39 is 12.0 Å². The van der Waals surface area contributed by atoms with E-state index in [1.165, 1.54) is 0 Å². The van der Waals surface area contributed by atoms with E-state index in [0.717, 1.165) is 12.0 Å². The van der Waals surface area contributed by atoms with Crippen molar-refractivity contribution in [2.24, 2.45) is 5.92 Å². The van der Waals surface area contributed by atoms with E-state index in [9.17, 15) is 9.59 Å². The lowest BCUT2D eigenvalue weighted by Gasteiger charge is -2.20. The lowest BCUT2D eigenvalue weighted by Crippen LogP contribution is -2.45. The molecule has 2 atom stereocenters. The maximum atomic E-state index is 11.9. The average molecular weight is 313 g/mol. The molecule has 0 saturated heterocycles. The van der Waals surface area contributed by atoms with Crippen LogP contribution in [-0.4, -0.2) is 29.6 Å². The number of carboxylic acids is 1. The first-order valence-corrected chi connectivity index (χ1v) is 7.25. The van der Waals surface area contributed by atoms with Crippen molar-refractivity contribution in [3.63, 3.8) is 0 Å². The molecular formula is C15H21ClN2O3. The molecule has 0 radical (unpaired) electrons. The van der Waals surface area contributed by atoms with Crippen LogP contribution in [-0.2, 0) is 9.59 Å². The molecule has 0 aromatic heterocycles. The van der Waals surface area contributed by atoms with Crippen LogP contribution in [0, 0.1) is 12.8 Å². The Balaban J connectivity index is 2.61. The van der Waals surface area contributed by atoms with Gasteiger partial charge in [-0.2, -0.15) is 0 Å². The highest BCUT2D eigenvalue weighted by Gasteiger charge is 2.23. The summed E-state index contributed by atoms with van der Waals surface area (Å²) in [5.74, 6) is -1.30. The quantitative estimate of drug-likeness (QED) is 0.723. The van der Waals surface area contributed by atoms with Gasteiger partial charge in [-0.25, -0.2) is 0 Å². The second kappa shape index (κ2) is 8.00. The van der Waals surface area contributed by atoms with Gasteiger partial charge in [0.2, 0.25) is 5.91 Å². The first kappa shape index (κ1) is 17.5. The minimum atomic E-state index is -0.948. The Morgan fingerprint density at radius 3 is 2.62 bits per heavy atom. The molecule has 6 heteroatoms. The van der Waals surface area contributed by atoms with Gasteiger partial charge in [0.1, 0.15) is 6.04 Å². The predicted molar refractivity (Wildman–Crippen MR) is 83.7 cm³/mol. The fraction of sp³-hybridized carbons (Fsp3) is 0.467. The van der Waals surface area contributed by atoms with E-state index in [2.05, 4.69) is 10.6 Å². The van der Waals surface area contributed by atoms with Gasteiger partial charge in [0.15, 0.2) is 0 Å². The lowest BCUT2D eigenvalue weighted by atomic mass is 9.99. The fourth-order valence-corrected chi connectivity index (χ4v) is 2.07. The van der Waals surface area contributed by atoms with E-state index in [1.807, 2.05) is 26.8 Å². The van der Waals surface area contributed by atoms with Gasteiger partial charge in [-0.1, -0.05) is 37.9 Å². The van der Waals surface area contributed by atoms with E-state index in [4.69, 9.17) is 16.7 Å². The summed E-state index contributed by atoms with van der Waals surface area (Å²) in [5.41, 5.74) is 1.52. The minimum absolute atomic E-state index is 0.0526. The number of hydrogen-bond donors (Lipinski definition) is 3. The topological polar surface area (TPSA) is 78.4 Å². The molecule has 0 spiro atoms. The monoisotopic (exact) mass is 312 g/mol. The lowest BCUT2D eigenvalue weighted by molar-refractivity contribution is -0.140. The van der Waals surface area contributed by atoms with Crippen LogP contribution in [0.4, 0.5) is 5.69 Å². The third kappa shape index (κ3) is 5.36. The smallest absolute Gasteiger partial charge is 0.320 e. The van der Waals surface area contributed by atoms with Gasteiger partial charge in [-0.15, -0.1) is 0 Å². The van der Waals surface area contributed by atoms with Crippen molar-refractivity contribution in [3.05, 3.63) is 28.8 Å². The van der Waals surface area contributed by atoms with Crippen LogP contribution in [0.2, 0.25) is 5.02 Å². The summed E-state index contributed by atoms with van der Waals surface area (Å²) in [6, 6.07) is 4.48. The molecular weight excluding hydrogens is 292 g/mol. The third-order valence-corrected chi connectivity index (χ3v) is 3.67. The molecule has 1 aromatic carbocycles. The Morgan fingerprint density at radius 2 is 2.05 bits per heavy atom. The maximum absolute atomic E-state index is 11.9. The molecule has 21 heavy (non-hydrogen) atoms. The number of rotatable bonds is 7. The SMILES string of the molecule is CC[C@H](C)[C@H](NCC(=O)Nc1cc(Cl)ccc1C)C(=O)O. The number of carbonyl (C=O) groups excluding carboxylic acids is 1. The van der Waals surface area contributed by atoms with E-state index in [0.29, 0.717) is 10.7 Å². The molecule has 1 aromatic rings. The van der Waals surface area contributed by atoms with Crippen LogP contribution in [0.3, 0.4) is 0 Å². The number of carboxylic acid groups (broad SMARTS) is 1. The van der Waals surface area contributed by atoms with Crippen molar-refractivity contribution < 1.29 is 14.7 Å². The van der Waals surface area contributed by atoms with Crippen LogP contribution >= 0.6 is 11.6 Å². The van der Waals surface area contributed by atoms with E-state index in [1.54, 1.807) is 12.1 Å². The molecule has 1 amide bonds. The van der Waals surface area contributed by atoms with E-state index >= 15 is 0 Å². The van der Waals surface area contributed by atoms with Gasteiger partial charge >= 0.3 is 5.97 Å². The van der Waals surface area contributed by atoms with Gasteiger partial charge in [-0.3, -0.25) is 14.9 Å². The van der Waals surface area contributed by atoms with E-state index in [-0.39, 0.29) is 18.4 Å². The second-order valence-corrected chi connectivity index (χ2v) is 5.53. The molecule has 3 N–H and O–H groups in total. The minimum Gasteiger partial charge on any atom is -0.480 e. The molecule has 0 bridgehead atoms. The summed E-state index contributed by atoms with van der Waals surface area (Å²) in [7, 11) is 0. The summed E-state index contributed by atoms with van der Waals surface area (Å²) in [4.78, 5) is 23.1. The van der Waals surface area contributed by atoms with Crippen LogP contribution < -0.4 is 10.6 Å². The van der Waals surface area contributed by atoms with Crippen LogP contribution in [0.15, 0.2) is 18.2 Å². The Labute approximate surface area is 129 Å². The highest BCUT2D eigenvalue weighted by molar-refractivity contribution is 6.31. The van der Waals surface area contributed by atoms with Crippen molar-refractivity contribution in [1.82, 2.24) is 5.32 Å². The molecule has 5 nitrogen and oxygen atoms in total. The van der Waals surface area contributed by atoms with Crippen molar-refractivity contribution in [2.45, 2.75) is 33.2 Å². The Kier molecular flexibility index (Phi) is 6.65. The first-order chi connectivity index (χ1) is 9.85. The molecule has 0 aliphatic carbocycles. The van der Waals surface area contributed by atoms with Gasteiger partial charge in [0.25, 0.3) is 0 Å². The largest absolute Gasteiger partial charge is 0.480 e. The molecule has 1 rings (SSSR count). The normalized spacial score (nSPS) is 13.5. The zero-order valence-electron chi connectivity index (χ0n) is 12.4. The average Bonchev–Trinajstić information content (AvgIpc) is 2.42. The second-order valence-electron chi connectivity index (χ2n) is 5.09. The first-order valence-electron chi connectivity index (χ1n) is 6.87. The number of carbonyl (C=O) groups is 2. The molecule has 0 aliphatic rings.